The van der Waals surface area contributed by atoms with Crippen molar-refractivity contribution in [3.8, 4) is 0 Å². The Labute approximate surface area is 97.3 Å². The first-order valence-corrected chi connectivity index (χ1v) is 5.03. The first-order chi connectivity index (χ1) is 7.65. The molecule has 0 radical (unpaired) electrons. The van der Waals surface area contributed by atoms with Gasteiger partial charge in [0.05, 0.1) is 10.7 Å². The third-order valence-corrected chi connectivity index (χ3v) is 2.33. The summed E-state index contributed by atoms with van der Waals surface area (Å²) >= 11 is 6.02. The molecule has 0 aliphatic carbocycles. The molecule has 0 amide bonds. The number of benzene rings is 1. The minimum Gasteiger partial charge on any atom is -0.339 e. The van der Waals surface area contributed by atoms with E-state index in [0.717, 1.165) is 11.9 Å². The summed E-state index contributed by atoms with van der Waals surface area (Å²) in [6.07, 6.45) is 1.15. The van der Waals surface area contributed by atoms with Crippen molar-refractivity contribution in [2.24, 2.45) is 0 Å². The van der Waals surface area contributed by atoms with Gasteiger partial charge in [-0.15, -0.1) is 0 Å². The van der Waals surface area contributed by atoms with Crippen LogP contribution in [0, 0.1) is 12.9 Å². The van der Waals surface area contributed by atoms with Crippen LogP contribution in [0.25, 0.3) is 0 Å². The average Bonchev–Trinajstić information content (AvgIpc) is 2.22. The highest BCUT2D eigenvalue weighted by molar-refractivity contribution is 6.33. The fourth-order valence-electron chi connectivity index (χ4n) is 1.26. The first kappa shape index (κ1) is 10.8. The number of halogens is 2. The Hall–Kier alpha value is -1.68. The van der Waals surface area contributed by atoms with Gasteiger partial charge in [-0.1, -0.05) is 17.7 Å². The van der Waals surface area contributed by atoms with E-state index in [1.807, 2.05) is 25.1 Å². The summed E-state index contributed by atoms with van der Waals surface area (Å²) in [5, 5.41) is 3.49. The Morgan fingerprint density at radius 3 is 2.75 bits per heavy atom. The average molecular weight is 238 g/mol. The third-order valence-electron chi connectivity index (χ3n) is 2.02. The van der Waals surface area contributed by atoms with Gasteiger partial charge in [0.2, 0.25) is 5.95 Å². The molecule has 1 aromatic heterocycles. The molecule has 0 unspecified atom stereocenters. The molecular weight excluding hydrogens is 229 g/mol. The summed E-state index contributed by atoms with van der Waals surface area (Å²) < 4.78 is 12.8. The van der Waals surface area contributed by atoms with Crippen LogP contribution in [0.3, 0.4) is 0 Å². The molecule has 0 spiro atoms. The molecule has 0 atom stereocenters. The van der Waals surface area contributed by atoms with Gasteiger partial charge in [-0.05, 0) is 24.6 Å². The van der Waals surface area contributed by atoms with Crippen molar-refractivity contribution < 1.29 is 4.39 Å². The lowest BCUT2D eigenvalue weighted by Gasteiger charge is -2.07. The Morgan fingerprint density at radius 2 is 2.06 bits per heavy atom. The quantitative estimate of drug-likeness (QED) is 0.815. The van der Waals surface area contributed by atoms with Crippen molar-refractivity contribution in [3.63, 3.8) is 0 Å². The topological polar surface area (TPSA) is 37.8 Å². The van der Waals surface area contributed by atoms with Gasteiger partial charge in [0.25, 0.3) is 0 Å². The number of anilines is 2. The van der Waals surface area contributed by atoms with E-state index in [1.54, 1.807) is 0 Å². The summed E-state index contributed by atoms with van der Waals surface area (Å²) in [6, 6.07) is 6.75. The summed E-state index contributed by atoms with van der Waals surface area (Å²) in [6.45, 7) is 1.94. The molecule has 2 rings (SSSR count). The number of rotatable bonds is 2. The molecule has 16 heavy (non-hydrogen) atoms. The first-order valence-electron chi connectivity index (χ1n) is 4.66. The molecule has 1 aromatic carbocycles. The van der Waals surface area contributed by atoms with Gasteiger partial charge in [0, 0.05) is 6.07 Å². The van der Waals surface area contributed by atoms with E-state index in [0.29, 0.717) is 16.5 Å². The molecule has 0 fully saturated rings. The van der Waals surface area contributed by atoms with Crippen LogP contribution in [0.15, 0.2) is 30.6 Å². The lowest BCUT2D eigenvalue weighted by atomic mass is 10.2. The molecule has 82 valence electrons. The highest BCUT2D eigenvalue weighted by atomic mass is 35.5. The van der Waals surface area contributed by atoms with Gasteiger partial charge in [0.15, 0.2) is 0 Å². The highest BCUT2D eigenvalue weighted by Crippen LogP contribution is 2.25. The molecule has 5 heteroatoms. The highest BCUT2D eigenvalue weighted by Gasteiger charge is 2.02. The van der Waals surface area contributed by atoms with Crippen LogP contribution in [0.4, 0.5) is 15.9 Å². The van der Waals surface area contributed by atoms with E-state index in [4.69, 9.17) is 11.6 Å². The van der Waals surface area contributed by atoms with Gasteiger partial charge in [-0.25, -0.2) is 9.97 Å². The second-order valence-electron chi connectivity index (χ2n) is 3.33. The summed E-state index contributed by atoms with van der Waals surface area (Å²) in [7, 11) is 0. The van der Waals surface area contributed by atoms with Crippen LogP contribution >= 0.6 is 11.6 Å². The van der Waals surface area contributed by atoms with Crippen molar-refractivity contribution in [1.82, 2.24) is 9.97 Å². The molecule has 3 nitrogen and oxygen atoms in total. The van der Waals surface area contributed by atoms with Crippen molar-refractivity contribution >= 4 is 23.1 Å². The maximum atomic E-state index is 12.8. The van der Waals surface area contributed by atoms with E-state index < -0.39 is 5.95 Å². The van der Waals surface area contributed by atoms with Gasteiger partial charge in [0.1, 0.15) is 12.1 Å². The predicted molar refractivity (Wildman–Crippen MR) is 61.5 cm³/mol. The Bertz CT molecular complexity index is 516. The second kappa shape index (κ2) is 4.45. The van der Waals surface area contributed by atoms with Gasteiger partial charge < -0.3 is 5.32 Å². The Balaban J connectivity index is 2.27. The fourth-order valence-corrected chi connectivity index (χ4v) is 1.54. The van der Waals surface area contributed by atoms with E-state index in [9.17, 15) is 4.39 Å². The zero-order valence-electron chi connectivity index (χ0n) is 8.54. The Morgan fingerprint density at radius 1 is 1.25 bits per heavy atom. The number of nitrogens with one attached hydrogen (secondary N) is 1. The molecule has 1 heterocycles. The second-order valence-corrected chi connectivity index (χ2v) is 3.74. The zero-order valence-corrected chi connectivity index (χ0v) is 9.29. The smallest absolute Gasteiger partial charge is 0.218 e. The molecular formula is C11H9ClFN3. The van der Waals surface area contributed by atoms with Crippen LogP contribution in [0.2, 0.25) is 5.02 Å². The van der Waals surface area contributed by atoms with Crippen molar-refractivity contribution in [3.05, 3.63) is 47.1 Å². The maximum absolute atomic E-state index is 12.8. The number of hydrogen-bond acceptors (Lipinski definition) is 3. The fraction of sp³-hybridized carbons (Fsp3) is 0.0909. The molecule has 1 N–H and O–H groups in total. The molecule has 0 aliphatic rings. The van der Waals surface area contributed by atoms with E-state index in [2.05, 4.69) is 15.3 Å². The van der Waals surface area contributed by atoms with Crippen molar-refractivity contribution in [1.29, 1.82) is 0 Å². The minimum absolute atomic E-state index is 0.373. The molecule has 0 aliphatic heterocycles. The third kappa shape index (κ3) is 2.46. The largest absolute Gasteiger partial charge is 0.339 e. The van der Waals surface area contributed by atoms with Crippen LogP contribution in [-0.2, 0) is 0 Å². The number of hydrogen-bond donors (Lipinski definition) is 1. The number of aromatic nitrogens is 2. The molecule has 2 aromatic rings. The maximum Gasteiger partial charge on any atom is 0.218 e. The van der Waals surface area contributed by atoms with Crippen LogP contribution in [0.5, 0.6) is 0 Å². The SMILES string of the molecule is Cc1ccc(Nc2cc(F)ncn2)c(Cl)c1. The van der Waals surface area contributed by atoms with Gasteiger partial charge in [-0.3, -0.25) is 0 Å². The van der Waals surface area contributed by atoms with E-state index >= 15 is 0 Å². The number of nitrogens with zero attached hydrogens (tertiary/aromatic N) is 2. The van der Waals surface area contributed by atoms with E-state index in [1.165, 1.54) is 6.07 Å². The predicted octanol–water partition coefficient (Wildman–Crippen LogP) is 3.32. The van der Waals surface area contributed by atoms with E-state index in [-0.39, 0.29) is 0 Å². The monoisotopic (exact) mass is 237 g/mol. The molecule has 0 saturated heterocycles. The molecule has 0 saturated carbocycles. The van der Waals surface area contributed by atoms with Crippen LogP contribution in [0.1, 0.15) is 5.56 Å². The lowest BCUT2D eigenvalue weighted by Crippen LogP contribution is -1.96. The van der Waals surface area contributed by atoms with Crippen molar-refractivity contribution in [2.75, 3.05) is 5.32 Å². The Kier molecular flexibility index (Phi) is 3.01. The van der Waals surface area contributed by atoms with Crippen LogP contribution in [-0.4, -0.2) is 9.97 Å². The van der Waals surface area contributed by atoms with Crippen molar-refractivity contribution in [2.45, 2.75) is 6.92 Å². The summed E-state index contributed by atoms with van der Waals surface area (Å²) in [4.78, 5) is 7.24. The standard InChI is InChI=1S/C11H9ClFN3/c1-7-2-3-9(8(12)4-7)16-11-5-10(13)14-6-15-11/h2-6H,1H3,(H,14,15,16). The van der Waals surface area contributed by atoms with Gasteiger partial charge >= 0.3 is 0 Å². The lowest BCUT2D eigenvalue weighted by molar-refractivity contribution is 0.580. The minimum atomic E-state index is -0.583. The summed E-state index contributed by atoms with van der Waals surface area (Å²) in [5.41, 5.74) is 1.75. The zero-order chi connectivity index (χ0) is 11.5. The molecule has 0 bridgehead atoms. The normalized spacial score (nSPS) is 10.2. The number of aryl methyl sites for hydroxylation is 1. The van der Waals surface area contributed by atoms with Gasteiger partial charge in [-0.2, -0.15) is 4.39 Å². The van der Waals surface area contributed by atoms with Crippen LogP contribution < -0.4 is 5.32 Å². The summed E-state index contributed by atoms with van der Waals surface area (Å²) in [5.74, 6) is -0.209.